The van der Waals surface area contributed by atoms with Gasteiger partial charge in [-0.2, -0.15) is 0 Å². The van der Waals surface area contributed by atoms with Gasteiger partial charge in [-0.1, -0.05) is 0 Å². The third kappa shape index (κ3) is 1.73. The summed E-state index contributed by atoms with van der Waals surface area (Å²) in [6, 6.07) is 3.58. The van der Waals surface area contributed by atoms with Crippen molar-refractivity contribution in [1.82, 2.24) is 15.4 Å². The van der Waals surface area contributed by atoms with Crippen LogP contribution in [0.3, 0.4) is 0 Å². The third-order valence-electron chi connectivity index (χ3n) is 1.56. The average Bonchev–Trinajstić information content (AvgIpc) is 2.78. The van der Waals surface area contributed by atoms with E-state index in [0.29, 0.717) is 0 Å². The van der Waals surface area contributed by atoms with E-state index >= 15 is 0 Å². The number of aromatic nitrogens is 4. The molecule has 2 heterocycles. The van der Waals surface area contributed by atoms with Crippen LogP contribution in [0.1, 0.15) is 0 Å². The van der Waals surface area contributed by atoms with E-state index in [1.54, 1.807) is 42.2 Å². The summed E-state index contributed by atoms with van der Waals surface area (Å²) in [4.78, 5) is 0. The summed E-state index contributed by atoms with van der Waals surface area (Å²) >= 11 is -3.56. The molecule has 68 valence electrons. The topological polar surface area (TPSA) is 35.6 Å². The van der Waals surface area contributed by atoms with Crippen molar-refractivity contribution < 1.29 is 18.5 Å². The van der Waals surface area contributed by atoms with Gasteiger partial charge in [-0.25, -0.2) is 0 Å². The molecule has 7 heteroatoms. The van der Waals surface area contributed by atoms with Crippen molar-refractivity contribution in [2.45, 2.75) is 0 Å². The summed E-state index contributed by atoms with van der Waals surface area (Å²) in [5, 5.41) is 8.06. The Bertz CT molecular complexity index is 333. The van der Waals surface area contributed by atoms with Gasteiger partial charge >= 0.3 is 87.9 Å². The van der Waals surface area contributed by atoms with Crippen LogP contribution in [0.4, 0.5) is 0 Å². The molecule has 0 unspecified atom stereocenters. The summed E-state index contributed by atoms with van der Waals surface area (Å²) in [5.41, 5.74) is 0. The van der Waals surface area contributed by atoms with Crippen molar-refractivity contribution >= 4 is 17.0 Å². The van der Waals surface area contributed by atoms with Crippen molar-refractivity contribution in [1.29, 1.82) is 0 Å². The minimum atomic E-state index is -3.56. The van der Waals surface area contributed by atoms with E-state index in [1.807, 2.05) is 0 Å². The van der Waals surface area contributed by atoms with E-state index in [9.17, 15) is 0 Å². The van der Waals surface area contributed by atoms with E-state index in [0.717, 1.165) is 0 Å². The van der Waals surface area contributed by atoms with Gasteiger partial charge in [0.05, 0.1) is 0 Å². The van der Waals surface area contributed by atoms with Gasteiger partial charge in [0, 0.05) is 0 Å². The summed E-state index contributed by atoms with van der Waals surface area (Å²) in [5.74, 6) is 0. The van der Waals surface area contributed by atoms with Crippen LogP contribution in [-0.4, -0.2) is 15.4 Å². The number of hydrogen-bond acceptors (Lipinski definition) is 2. The second-order valence-electron chi connectivity index (χ2n) is 2.41. The molecule has 0 aliphatic heterocycles. The molecule has 0 spiro atoms. The summed E-state index contributed by atoms with van der Waals surface area (Å²) in [6.45, 7) is 0. The zero-order valence-corrected chi connectivity index (χ0v) is 10.5. The predicted octanol–water partition coefficient (Wildman–Crippen LogP) is 1.77. The molecule has 0 aliphatic carbocycles. The summed E-state index contributed by atoms with van der Waals surface area (Å²) < 4.78 is 3.23. The Morgan fingerprint density at radius 3 is 1.69 bits per heavy atom. The standard InChI is InChI=1S/2C3H3N2.2ClH.Zr/c2*1-2-4-5-3-1;;;/h2*1-3H;2*1H;/q2*-1;;;+4/p-2. The van der Waals surface area contributed by atoms with Crippen LogP contribution in [0.5, 0.6) is 0 Å². The Labute approximate surface area is 87.4 Å². The van der Waals surface area contributed by atoms with Crippen molar-refractivity contribution in [3.05, 3.63) is 36.9 Å². The summed E-state index contributed by atoms with van der Waals surface area (Å²) in [7, 11) is 12.5. The minimum absolute atomic E-state index is 1.62. The maximum absolute atomic E-state index is 6.25. The van der Waals surface area contributed by atoms with Crippen molar-refractivity contribution in [3.8, 4) is 0 Å². The normalized spacial score (nSPS) is 11.8. The molecule has 0 aromatic carbocycles. The van der Waals surface area contributed by atoms with Gasteiger partial charge in [0.1, 0.15) is 0 Å². The monoisotopic (exact) mass is 294 g/mol. The second kappa shape index (κ2) is 3.56. The molecule has 0 bridgehead atoms. The van der Waals surface area contributed by atoms with Gasteiger partial charge in [-0.05, 0) is 0 Å². The molecular weight excluding hydrogens is 290 g/mol. The number of hydrogen-bond donors (Lipinski definition) is 0. The van der Waals surface area contributed by atoms with Crippen molar-refractivity contribution in [2.24, 2.45) is 0 Å². The molecule has 0 aliphatic rings. The molecular formula is C6H6Cl2N4Zr. The number of nitrogens with zero attached hydrogens (tertiary/aromatic N) is 4. The van der Waals surface area contributed by atoms with Crippen LogP contribution in [-0.2, 0) is 18.5 Å². The molecule has 2 aromatic heterocycles. The van der Waals surface area contributed by atoms with Crippen LogP contribution in [0, 0.1) is 0 Å². The van der Waals surface area contributed by atoms with Crippen LogP contribution >= 0.6 is 17.0 Å². The van der Waals surface area contributed by atoms with Gasteiger partial charge in [0.25, 0.3) is 0 Å². The van der Waals surface area contributed by atoms with Gasteiger partial charge in [0.2, 0.25) is 0 Å². The first-order valence-corrected chi connectivity index (χ1v) is 12.1. The molecule has 4 nitrogen and oxygen atoms in total. The molecule has 2 aromatic rings. The van der Waals surface area contributed by atoms with Crippen LogP contribution in [0.15, 0.2) is 36.9 Å². The molecule has 0 radical (unpaired) electrons. The molecule has 0 saturated carbocycles. The van der Waals surface area contributed by atoms with E-state index in [4.69, 9.17) is 17.0 Å². The molecule has 0 amide bonds. The Hall–Kier alpha value is -0.117. The van der Waals surface area contributed by atoms with E-state index < -0.39 is 18.5 Å². The Morgan fingerprint density at radius 2 is 1.38 bits per heavy atom. The van der Waals surface area contributed by atoms with Crippen LogP contribution in [0.2, 0.25) is 0 Å². The first kappa shape index (κ1) is 9.44. The SMILES string of the molecule is [Cl][Zr]([Cl])([n]1cccn1)[n]1cccn1. The van der Waals surface area contributed by atoms with Crippen molar-refractivity contribution in [2.75, 3.05) is 0 Å². The quantitative estimate of drug-likeness (QED) is 0.846. The van der Waals surface area contributed by atoms with E-state index in [-0.39, 0.29) is 0 Å². The third-order valence-corrected chi connectivity index (χ3v) is 9.67. The number of rotatable bonds is 2. The Kier molecular flexibility index (Phi) is 2.58. The zero-order valence-electron chi connectivity index (χ0n) is 6.51. The van der Waals surface area contributed by atoms with E-state index in [2.05, 4.69) is 10.2 Å². The average molecular weight is 296 g/mol. The zero-order chi connectivity index (χ0) is 9.31. The molecule has 0 fully saturated rings. The Morgan fingerprint density at radius 1 is 0.923 bits per heavy atom. The summed E-state index contributed by atoms with van der Waals surface area (Å²) in [6.07, 6.45) is 6.83. The fourth-order valence-electron chi connectivity index (χ4n) is 0.961. The molecule has 13 heavy (non-hydrogen) atoms. The van der Waals surface area contributed by atoms with Gasteiger partial charge in [-0.3, -0.25) is 0 Å². The predicted molar refractivity (Wildman–Crippen MR) is 47.0 cm³/mol. The molecule has 0 saturated heterocycles. The molecule has 2 rings (SSSR count). The van der Waals surface area contributed by atoms with Crippen molar-refractivity contribution in [3.63, 3.8) is 0 Å². The Balaban J connectivity index is 2.42. The maximum atomic E-state index is 6.25. The van der Waals surface area contributed by atoms with E-state index in [1.165, 1.54) is 0 Å². The first-order chi connectivity index (χ1) is 6.21. The van der Waals surface area contributed by atoms with Gasteiger partial charge < -0.3 is 0 Å². The van der Waals surface area contributed by atoms with Crippen LogP contribution in [0.25, 0.3) is 0 Å². The molecule has 0 atom stereocenters. The molecule has 0 N–H and O–H groups in total. The van der Waals surface area contributed by atoms with Gasteiger partial charge in [-0.15, -0.1) is 0 Å². The second-order valence-corrected chi connectivity index (χ2v) is 14.5. The van der Waals surface area contributed by atoms with Crippen LogP contribution < -0.4 is 0 Å². The van der Waals surface area contributed by atoms with Gasteiger partial charge in [0.15, 0.2) is 0 Å². The fraction of sp³-hybridized carbons (Fsp3) is 0. The fourth-order valence-corrected chi connectivity index (χ4v) is 6.16. The number of halogens is 2. The first-order valence-electron chi connectivity index (χ1n) is 3.59.